The normalized spacial score (nSPS) is 12.9. The number of likely N-dealkylation sites (N-methyl/N-ethyl adjacent to an activating group) is 1. The molecule has 0 radical (unpaired) electrons. The van der Waals surface area contributed by atoms with Gasteiger partial charge in [-0.1, -0.05) is 36.4 Å². The number of halogens is 1. The summed E-state index contributed by atoms with van der Waals surface area (Å²) in [7, 11) is 7.02. The average molecular weight is 485 g/mol. The van der Waals surface area contributed by atoms with Crippen molar-refractivity contribution in [3.8, 4) is 0 Å². The molecule has 0 bridgehead atoms. The van der Waals surface area contributed by atoms with Gasteiger partial charge in [-0.3, -0.25) is 18.9 Å². The van der Waals surface area contributed by atoms with E-state index in [9.17, 15) is 9.59 Å². The van der Waals surface area contributed by atoms with Crippen LogP contribution in [0.5, 0.6) is 0 Å². The number of nitrogens with one attached hydrogen (secondary N) is 1. The van der Waals surface area contributed by atoms with Gasteiger partial charge in [0.25, 0.3) is 5.56 Å². The minimum Gasteiger partial charge on any atom is -0.363 e. The third-order valence-corrected chi connectivity index (χ3v) is 5.65. The van der Waals surface area contributed by atoms with Crippen LogP contribution in [0.3, 0.4) is 0 Å². The van der Waals surface area contributed by atoms with Crippen LogP contribution in [0, 0.1) is 0 Å². The number of aryl methyl sites for hydroxylation is 1. The van der Waals surface area contributed by atoms with Gasteiger partial charge < -0.3 is 14.6 Å². The van der Waals surface area contributed by atoms with Gasteiger partial charge in [-0.05, 0) is 50.3 Å². The molecule has 10 heteroatoms. The zero-order valence-electron chi connectivity index (χ0n) is 19.9. The number of hydrogen-bond donors (Lipinski definition) is 1. The maximum Gasteiger partial charge on any atom is 0.332 e. The van der Waals surface area contributed by atoms with Gasteiger partial charge in [0.15, 0.2) is 11.2 Å². The first-order valence-electron chi connectivity index (χ1n) is 10.7. The summed E-state index contributed by atoms with van der Waals surface area (Å²) in [6.07, 6.45) is 1.81. The Kier molecular flexibility index (Phi) is 8.03. The first kappa shape index (κ1) is 25.4. The van der Waals surface area contributed by atoms with E-state index in [0.29, 0.717) is 6.61 Å². The Morgan fingerprint density at radius 3 is 2.35 bits per heavy atom. The van der Waals surface area contributed by atoms with Crippen molar-refractivity contribution in [2.24, 2.45) is 14.1 Å². The number of hydrogen-bond acceptors (Lipinski definition) is 6. The summed E-state index contributed by atoms with van der Waals surface area (Å²) in [5.74, 6) is 0. The van der Waals surface area contributed by atoms with E-state index in [4.69, 9.17) is 16.3 Å². The van der Waals surface area contributed by atoms with Gasteiger partial charge in [-0.15, -0.1) is 0 Å². The molecule has 1 unspecified atom stereocenters. The molecule has 34 heavy (non-hydrogen) atoms. The summed E-state index contributed by atoms with van der Waals surface area (Å²) in [6.45, 7) is 3.63. The number of aromatic nitrogens is 5. The van der Waals surface area contributed by atoms with Gasteiger partial charge in [0.2, 0.25) is 5.28 Å². The van der Waals surface area contributed by atoms with Crippen molar-refractivity contribution in [3.63, 3.8) is 0 Å². The van der Waals surface area contributed by atoms with E-state index in [0.717, 1.165) is 22.4 Å². The zero-order chi connectivity index (χ0) is 24.9. The molecule has 1 aromatic carbocycles. The molecule has 3 heterocycles. The third-order valence-electron chi connectivity index (χ3n) is 5.47. The van der Waals surface area contributed by atoms with Gasteiger partial charge in [0, 0.05) is 26.8 Å². The largest absolute Gasteiger partial charge is 0.363 e. The van der Waals surface area contributed by atoms with Crippen molar-refractivity contribution < 1.29 is 4.74 Å². The first-order valence-corrected chi connectivity index (χ1v) is 11.1. The van der Waals surface area contributed by atoms with E-state index in [2.05, 4.69) is 38.9 Å². The molecule has 0 aliphatic heterocycles. The van der Waals surface area contributed by atoms with Crippen LogP contribution in [0.4, 0.5) is 0 Å². The summed E-state index contributed by atoms with van der Waals surface area (Å²) >= 11 is 5.60. The Hall–Kier alpha value is -3.27. The number of pyridine rings is 1. The third kappa shape index (κ3) is 5.44. The highest BCUT2D eigenvalue weighted by Gasteiger charge is 2.31. The lowest BCUT2D eigenvalue weighted by Gasteiger charge is -2.30. The Bertz CT molecular complexity index is 1310. The minimum absolute atomic E-state index is 0.0956. The Labute approximate surface area is 202 Å². The number of rotatable bonds is 6. The lowest BCUT2D eigenvalue weighted by Crippen LogP contribution is -2.36. The molecule has 0 aliphatic rings. The van der Waals surface area contributed by atoms with Crippen molar-refractivity contribution in [1.82, 2.24) is 29.0 Å². The molecule has 1 atom stereocenters. The topological polar surface area (TPSA) is 98.0 Å². The van der Waals surface area contributed by atoms with Gasteiger partial charge in [0.1, 0.15) is 5.60 Å². The second-order valence-corrected chi connectivity index (χ2v) is 8.56. The quantitative estimate of drug-likeness (QED) is 0.422. The lowest BCUT2D eigenvalue weighted by atomic mass is 9.91. The molecule has 4 rings (SSSR count). The predicted octanol–water partition coefficient (Wildman–Crippen LogP) is 2.54. The van der Waals surface area contributed by atoms with E-state index >= 15 is 0 Å². The van der Waals surface area contributed by atoms with Gasteiger partial charge >= 0.3 is 5.69 Å². The lowest BCUT2D eigenvalue weighted by molar-refractivity contribution is -0.0131. The smallest absolute Gasteiger partial charge is 0.332 e. The van der Waals surface area contributed by atoms with E-state index in [1.165, 1.54) is 18.7 Å². The standard InChI is InChI=1S/C17H22N2O.C7H7ClN4O2/c1-17(20-14-13-19(2)3,15-9-5-4-6-10-15)16-11-7-8-12-18-16;1-11-4-3(9-6(8)10-4)5(13)12(2)7(11)14/h4-12H,13-14H2,1-3H3;1-2H3,(H,9,10). The maximum atomic E-state index is 11.5. The van der Waals surface area contributed by atoms with Crippen LogP contribution in [0.2, 0.25) is 5.28 Å². The summed E-state index contributed by atoms with van der Waals surface area (Å²) in [5, 5.41) is 0.0956. The Balaban J connectivity index is 0.000000202. The number of benzene rings is 1. The van der Waals surface area contributed by atoms with E-state index in [1.54, 1.807) is 0 Å². The molecule has 4 aromatic rings. The second-order valence-electron chi connectivity index (χ2n) is 8.20. The number of aromatic amines is 1. The van der Waals surface area contributed by atoms with E-state index in [1.807, 2.05) is 56.7 Å². The number of nitrogens with zero attached hydrogens (tertiary/aromatic N) is 5. The molecule has 180 valence electrons. The summed E-state index contributed by atoms with van der Waals surface area (Å²) in [5.41, 5.74) is 1.19. The van der Waals surface area contributed by atoms with Crippen LogP contribution < -0.4 is 11.2 Å². The van der Waals surface area contributed by atoms with E-state index < -0.39 is 16.9 Å². The highest BCUT2D eigenvalue weighted by Crippen LogP contribution is 2.31. The fourth-order valence-electron chi connectivity index (χ4n) is 3.44. The minimum atomic E-state index is -0.515. The maximum absolute atomic E-state index is 11.5. The molecular weight excluding hydrogens is 456 g/mol. The summed E-state index contributed by atoms with van der Waals surface area (Å²) < 4.78 is 8.47. The van der Waals surface area contributed by atoms with E-state index in [-0.39, 0.29) is 16.4 Å². The van der Waals surface area contributed by atoms with Crippen molar-refractivity contribution in [1.29, 1.82) is 0 Å². The molecule has 0 aliphatic carbocycles. The highest BCUT2D eigenvalue weighted by molar-refractivity contribution is 6.28. The van der Waals surface area contributed by atoms with Crippen molar-refractivity contribution >= 4 is 22.8 Å². The van der Waals surface area contributed by atoms with Gasteiger partial charge in [0.05, 0.1) is 12.3 Å². The van der Waals surface area contributed by atoms with Crippen LogP contribution >= 0.6 is 11.6 Å². The van der Waals surface area contributed by atoms with Gasteiger partial charge in [-0.25, -0.2) is 4.79 Å². The highest BCUT2D eigenvalue weighted by atomic mass is 35.5. The fourth-order valence-corrected chi connectivity index (χ4v) is 3.61. The van der Waals surface area contributed by atoms with Crippen LogP contribution in [0.1, 0.15) is 18.2 Å². The predicted molar refractivity (Wildman–Crippen MR) is 133 cm³/mol. The average Bonchev–Trinajstić information content (AvgIpc) is 3.24. The van der Waals surface area contributed by atoms with Crippen LogP contribution in [0.25, 0.3) is 11.2 Å². The molecule has 1 N–H and O–H groups in total. The molecule has 0 spiro atoms. The summed E-state index contributed by atoms with van der Waals surface area (Å²) in [6, 6.07) is 16.2. The molecule has 3 aromatic heterocycles. The molecule has 9 nitrogen and oxygen atoms in total. The van der Waals surface area contributed by atoms with Crippen molar-refractivity contribution in [3.05, 3.63) is 92.1 Å². The van der Waals surface area contributed by atoms with Crippen molar-refractivity contribution in [2.45, 2.75) is 12.5 Å². The van der Waals surface area contributed by atoms with Crippen LogP contribution in [-0.4, -0.2) is 56.2 Å². The second kappa shape index (κ2) is 10.8. The van der Waals surface area contributed by atoms with Crippen LogP contribution in [-0.2, 0) is 24.4 Å². The number of fused-ring (bicyclic) bond motifs is 1. The Morgan fingerprint density at radius 1 is 1.06 bits per heavy atom. The molecular formula is C24H29ClN6O3. The molecule has 0 fully saturated rings. The molecule has 0 saturated heterocycles. The number of ether oxygens (including phenoxy) is 1. The van der Waals surface area contributed by atoms with Crippen molar-refractivity contribution in [2.75, 3.05) is 27.2 Å². The Morgan fingerprint density at radius 2 is 1.74 bits per heavy atom. The zero-order valence-corrected chi connectivity index (χ0v) is 20.7. The van der Waals surface area contributed by atoms with Crippen LogP contribution in [0.15, 0.2) is 64.3 Å². The van der Waals surface area contributed by atoms with Gasteiger partial charge in [-0.2, -0.15) is 4.98 Å². The molecule has 0 saturated carbocycles. The SMILES string of the molecule is CN(C)CCOC(C)(c1ccccc1)c1ccccn1.Cn1c(=O)c2[nH]c(Cl)nc2n(C)c1=O. The summed E-state index contributed by atoms with van der Waals surface area (Å²) in [4.78, 5) is 36.0. The fraction of sp³-hybridized carbons (Fsp3) is 0.333. The first-order chi connectivity index (χ1) is 16.1. The molecule has 0 amide bonds. The number of H-pyrrole nitrogens is 1. The number of imidazole rings is 1. The monoisotopic (exact) mass is 484 g/mol.